The van der Waals surface area contributed by atoms with E-state index in [9.17, 15) is 4.79 Å². The largest absolute Gasteiger partial charge is 0.280 e. The molecular formula is C9H6ClNOS2. The average molecular weight is 244 g/mol. The zero-order valence-electron chi connectivity index (χ0n) is 7.07. The van der Waals surface area contributed by atoms with Gasteiger partial charge < -0.3 is 0 Å². The van der Waals surface area contributed by atoms with Crippen LogP contribution < -0.4 is 0 Å². The lowest BCUT2D eigenvalue weighted by Crippen LogP contribution is -1.88. The Morgan fingerprint density at radius 3 is 3.00 bits per heavy atom. The van der Waals surface area contributed by atoms with Gasteiger partial charge in [-0.1, -0.05) is 23.9 Å². The number of para-hydroxylation sites is 1. The number of carbonyl (C=O) groups excluding carboxylic acids is 1. The number of rotatable bonds is 3. The molecule has 0 spiro atoms. The SMILES string of the molecule is O=C(Cl)CSc1nc2ccccc2s1. The predicted molar refractivity (Wildman–Crippen MR) is 61.2 cm³/mol. The number of halogens is 1. The molecule has 0 amide bonds. The highest BCUT2D eigenvalue weighted by atomic mass is 35.5. The number of fused-ring (bicyclic) bond motifs is 1. The number of nitrogens with zero attached hydrogens (tertiary/aromatic N) is 1. The normalized spacial score (nSPS) is 10.6. The number of carbonyl (C=O) groups is 1. The van der Waals surface area contributed by atoms with Crippen molar-refractivity contribution in [3.05, 3.63) is 24.3 Å². The first-order chi connectivity index (χ1) is 6.75. The van der Waals surface area contributed by atoms with Crippen LogP contribution in [0.15, 0.2) is 28.6 Å². The van der Waals surface area contributed by atoms with Gasteiger partial charge in [-0.15, -0.1) is 11.3 Å². The van der Waals surface area contributed by atoms with Crippen LogP contribution >= 0.6 is 34.7 Å². The van der Waals surface area contributed by atoms with Gasteiger partial charge in [0.25, 0.3) is 0 Å². The summed E-state index contributed by atoms with van der Waals surface area (Å²) < 4.78 is 2.03. The van der Waals surface area contributed by atoms with E-state index in [2.05, 4.69) is 4.98 Å². The van der Waals surface area contributed by atoms with E-state index in [0.717, 1.165) is 14.6 Å². The molecule has 0 bridgehead atoms. The maximum absolute atomic E-state index is 10.6. The van der Waals surface area contributed by atoms with Crippen LogP contribution in [0.2, 0.25) is 0 Å². The summed E-state index contributed by atoms with van der Waals surface area (Å²) >= 11 is 8.20. The summed E-state index contributed by atoms with van der Waals surface area (Å²) in [5.74, 6) is 0.279. The number of hydrogen-bond acceptors (Lipinski definition) is 4. The fourth-order valence-corrected chi connectivity index (χ4v) is 2.97. The minimum absolute atomic E-state index is 0.279. The third-order valence-electron chi connectivity index (χ3n) is 1.58. The van der Waals surface area contributed by atoms with Crippen molar-refractivity contribution in [2.45, 2.75) is 4.34 Å². The van der Waals surface area contributed by atoms with Gasteiger partial charge in [-0.25, -0.2) is 4.98 Å². The van der Waals surface area contributed by atoms with Gasteiger partial charge in [0.15, 0.2) is 4.34 Å². The van der Waals surface area contributed by atoms with E-state index < -0.39 is 0 Å². The molecule has 0 radical (unpaired) electrons. The molecule has 0 unspecified atom stereocenters. The molecule has 0 aliphatic carbocycles. The van der Waals surface area contributed by atoms with Gasteiger partial charge in [-0.2, -0.15) is 0 Å². The van der Waals surface area contributed by atoms with E-state index in [1.807, 2.05) is 24.3 Å². The van der Waals surface area contributed by atoms with Crippen LogP contribution in [0.1, 0.15) is 0 Å². The Hall–Kier alpha value is -0.580. The zero-order chi connectivity index (χ0) is 9.97. The Morgan fingerprint density at radius 2 is 2.29 bits per heavy atom. The minimum atomic E-state index is -0.339. The first kappa shape index (κ1) is 9.96. The molecule has 1 aromatic heterocycles. The van der Waals surface area contributed by atoms with Crippen LogP contribution in [0.4, 0.5) is 0 Å². The summed E-state index contributed by atoms with van der Waals surface area (Å²) in [5, 5.41) is -0.339. The molecule has 0 atom stereocenters. The van der Waals surface area contributed by atoms with E-state index in [0.29, 0.717) is 0 Å². The molecule has 2 aromatic rings. The van der Waals surface area contributed by atoms with Crippen molar-refractivity contribution in [1.82, 2.24) is 4.98 Å². The van der Waals surface area contributed by atoms with E-state index in [-0.39, 0.29) is 11.0 Å². The fourth-order valence-electron chi connectivity index (χ4n) is 1.03. The molecule has 1 heterocycles. The summed E-state index contributed by atoms with van der Waals surface area (Å²) in [7, 11) is 0. The van der Waals surface area contributed by atoms with Gasteiger partial charge in [0.2, 0.25) is 5.24 Å². The second-order valence-corrected chi connectivity index (χ2v) is 5.27. The predicted octanol–water partition coefficient (Wildman–Crippen LogP) is 3.15. The first-order valence-electron chi connectivity index (χ1n) is 3.92. The van der Waals surface area contributed by atoms with E-state index in [4.69, 9.17) is 11.6 Å². The van der Waals surface area contributed by atoms with Crippen molar-refractivity contribution >= 4 is 50.2 Å². The monoisotopic (exact) mass is 243 g/mol. The molecule has 2 nitrogen and oxygen atoms in total. The Labute approximate surface area is 94.3 Å². The quantitative estimate of drug-likeness (QED) is 0.613. The Balaban J connectivity index is 2.22. The molecule has 2 rings (SSSR count). The van der Waals surface area contributed by atoms with Crippen molar-refractivity contribution in [1.29, 1.82) is 0 Å². The third-order valence-corrected chi connectivity index (χ3v) is 4.05. The second-order valence-electron chi connectivity index (χ2n) is 2.59. The van der Waals surface area contributed by atoms with Crippen LogP contribution in [0.5, 0.6) is 0 Å². The highest BCUT2D eigenvalue weighted by molar-refractivity contribution is 8.01. The highest BCUT2D eigenvalue weighted by Gasteiger charge is 2.05. The molecule has 0 N–H and O–H groups in total. The van der Waals surface area contributed by atoms with Gasteiger partial charge in [-0.3, -0.25) is 4.79 Å². The third kappa shape index (κ3) is 2.26. The molecule has 1 aromatic carbocycles. The standard InChI is InChI=1S/C9H6ClNOS2/c10-8(12)5-13-9-11-6-3-1-2-4-7(6)14-9/h1-4H,5H2. The van der Waals surface area contributed by atoms with Crippen LogP contribution in [-0.4, -0.2) is 16.0 Å². The summed E-state index contributed by atoms with van der Waals surface area (Å²) in [6.45, 7) is 0. The summed E-state index contributed by atoms with van der Waals surface area (Å²) in [6, 6.07) is 7.89. The van der Waals surface area contributed by atoms with Crippen molar-refractivity contribution in [3.63, 3.8) is 0 Å². The van der Waals surface area contributed by atoms with E-state index in [1.54, 1.807) is 11.3 Å². The van der Waals surface area contributed by atoms with Gasteiger partial charge >= 0.3 is 0 Å². The van der Waals surface area contributed by atoms with Gasteiger partial charge in [0.05, 0.1) is 16.0 Å². The Morgan fingerprint density at radius 1 is 1.50 bits per heavy atom. The number of benzene rings is 1. The Kier molecular flexibility index (Phi) is 3.05. The fraction of sp³-hybridized carbons (Fsp3) is 0.111. The average Bonchev–Trinajstić information content (AvgIpc) is 2.57. The first-order valence-corrected chi connectivity index (χ1v) is 6.10. The van der Waals surface area contributed by atoms with E-state index in [1.165, 1.54) is 11.8 Å². The zero-order valence-corrected chi connectivity index (χ0v) is 9.46. The number of aromatic nitrogens is 1. The molecule has 0 aliphatic rings. The molecule has 0 fully saturated rings. The van der Waals surface area contributed by atoms with Crippen molar-refractivity contribution in [2.24, 2.45) is 0 Å². The maximum atomic E-state index is 10.6. The topological polar surface area (TPSA) is 30.0 Å². The van der Waals surface area contributed by atoms with Crippen LogP contribution in [0, 0.1) is 0 Å². The molecule has 5 heteroatoms. The maximum Gasteiger partial charge on any atom is 0.231 e. The Bertz CT molecular complexity index is 436. The summed E-state index contributed by atoms with van der Waals surface area (Å²) in [4.78, 5) is 14.9. The van der Waals surface area contributed by atoms with Crippen molar-refractivity contribution in [3.8, 4) is 0 Å². The lowest BCUT2D eigenvalue weighted by molar-refractivity contribution is -0.109. The minimum Gasteiger partial charge on any atom is -0.280 e. The van der Waals surface area contributed by atoms with E-state index >= 15 is 0 Å². The smallest absolute Gasteiger partial charge is 0.231 e. The van der Waals surface area contributed by atoms with Crippen molar-refractivity contribution < 1.29 is 4.79 Å². The number of thiazole rings is 1. The van der Waals surface area contributed by atoms with Gasteiger partial charge in [0, 0.05) is 0 Å². The lowest BCUT2D eigenvalue weighted by Gasteiger charge is -1.88. The second kappa shape index (κ2) is 4.29. The van der Waals surface area contributed by atoms with Gasteiger partial charge in [0.1, 0.15) is 0 Å². The molecule has 72 valence electrons. The number of hydrogen-bond donors (Lipinski definition) is 0. The lowest BCUT2D eigenvalue weighted by atomic mass is 10.3. The molecule has 0 aliphatic heterocycles. The van der Waals surface area contributed by atoms with Crippen LogP contribution in [0.25, 0.3) is 10.2 Å². The molecule has 0 saturated heterocycles. The molecule has 0 saturated carbocycles. The van der Waals surface area contributed by atoms with Crippen LogP contribution in [-0.2, 0) is 4.79 Å². The van der Waals surface area contributed by atoms with Crippen LogP contribution in [0.3, 0.4) is 0 Å². The van der Waals surface area contributed by atoms with Gasteiger partial charge in [-0.05, 0) is 23.7 Å². The van der Waals surface area contributed by atoms with Crippen molar-refractivity contribution in [2.75, 3.05) is 5.75 Å². The summed E-state index contributed by atoms with van der Waals surface area (Å²) in [5.41, 5.74) is 0.974. The molecule has 14 heavy (non-hydrogen) atoms. The summed E-state index contributed by atoms with van der Waals surface area (Å²) in [6.07, 6.45) is 0. The number of thioether (sulfide) groups is 1. The molecular weight excluding hydrogens is 238 g/mol. The highest BCUT2D eigenvalue weighted by Crippen LogP contribution is 2.29.